The summed E-state index contributed by atoms with van der Waals surface area (Å²) in [4.78, 5) is 34.5. The van der Waals surface area contributed by atoms with Gasteiger partial charge in [0.1, 0.15) is 12.2 Å². The van der Waals surface area contributed by atoms with Crippen LogP contribution in [0.15, 0.2) is 12.2 Å². The molecule has 1 saturated carbocycles. The van der Waals surface area contributed by atoms with Crippen molar-refractivity contribution in [2.24, 2.45) is 11.8 Å². The van der Waals surface area contributed by atoms with Crippen molar-refractivity contribution in [1.29, 1.82) is 0 Å². The van der Waals surface area contributed by atoms with Crippen molar-refractivity contribution in [1.82, 2.24) is 0 Å². The highest BCUT2D eigenvalue weighted by Crippen LogP contribution is 2.43. The zero-order chi connectivity index (χ0) is 16.1. The maximum Gasteiger partial charge on any atom is 0.306 e. The van der Waals surface area contributed by atoms with Gasteiger partial charge in [-0.1, -0.05) is 25.8 Å². The van der Waals surface area contributed by atoms with E-state index in [0.717, 1.165) is 19.3 Å². The van der Waals surface area contributed by atoms with E-state index in [1.807, 2.05) is 6.08 Å². The summed E-state index contributed by atoms with van der Waals surface area (Å²) < 4.78 is 10.6. The summed E-state index contributed by atoms with van der Waals surface area (Å²) >= 11 is 0. The smallest absolute Gasteiger partial charge is 0.306 e. The molecule has 0 aromatic rings. The SMILES string of the molecule is CCCCCC(=O)/C=C/[C@@H]1[C@H]2CC(=O)O[C@@H]2C[C@@H]1OC(C)=O. The Morgan fingerprint density at radius 1 is 1.36 bits per heavy atom. The predicted octanol–water partition coefficient (Wildman–Crippen LogP) is 2.58. The lowest BCUT2D eigenvalue weighted by molar-refractivity contribution is -0.149. The first-order valence-electron chi connectivity index (χ1n) is 8.09. The van der Waals surface area contributed by atoms with E-state index in [2.05, 4.69) is 6.92 Å². The Hall–Kier alpha value is -1.65. The normalized spacial score (nSPS) is 30.4. The van der Waals surface area contributed by atoms with Crippen LogP contribution in [-0.2, 0) is 23.9 Å². The number of ether oxygens (including phenoxy) is 2. The number of carbonyl (C=O) groups is 3. The summed E-state index contributed by atoms with van der Waals surface area (Å²) in [6.45, 7) is 3.47. The van der Waals surface area contributed by atoms with Gasteiger partial charge in [0, 0.05) is 31.6 Å². The zero-order valence-electron chi connectivity index (χ0n) is 13.2. The first-order valence-corrected chi connectivity index (χ1v) is 8.09. The Bertz CT molecular complexity index is 468. The third kappa shape index (κ3) is 4.18. The lowest BCUT2D eigenvalue weighted by Gasteiger charge is -2.19. The van der Waals surface area contributed by atoms with Crippen molar-refractivity contribution in [3.63, 3.8) is 0 Å². The molecular formula is C17H24O5. The van der Waals surface area contributed by atoms with Crippen molar-refractivity contribution in [3.05, 3.63) is 12.2 Å². The predicted molar refractivity (Wildman–Crippen MR) is 79.9 cm³/mol. The van der Waals surface area contributed by atoms with Gasteiger partial charge in [-0.25, -0.2) is 0 Å². The summed E-state index contributed by atoms with van der Waals surface area (Å²) in [5, 5.41) is 0. The minimum atomic E-state index is -0.344. The van der Waals surface area contributed by atoms with E-state index >= 15 is 0 Å². The Balaban J connectivity index is 1.98. The summed E-state index contributed by atoms with van der Waals surface area (Å²) in [6, 6.07) is 0. The Labute approximate surface area is 131 Å². The second-order valence-electron chi connectivity index (χ2n) is 6.14. The second kappa shape index (κ2) is 7.56. The summed E-state index contributed by atoms with van der Waals surface area (Å²) in [7, 11) is 0. The first-order chi connectivity index (χ1) is 10.5. The van der Waals surface area contributed by atoms with Crippen LogP contribution in [0.4, 0.5) is 0 Å². The molecule has 2 aliphatic rings. The van der Waals surface area contributed by atoms with Gasteiger partial charge in [0.15, 0.2) is 5.78 Å². The van der Waals surface area contributed by atoms with Crippen molar-refractivity contribution < 1.29 is 23.9 Å². The summed E-state index contributed by atoms with van der Waals surface area (Å²) in [5.41, 5.74) is 0. The van der Waals surface area contributed by atoms with Crippen molar-refractivity contribution in [3.8, 4) is 0 Å². The highest BCUT2D eigenvalue weighted by Gasteiger charge is 2.50. The zero-order valence-corrected chi connectivity index (χ0v) is 13.2. The molecule has 1 aliphatic heterocycles. The maximum absolute atomic E-state index is 11.9. The molecule has 0 bridgehead atoms. The molecule has 1 saturated heterocycles. The van der Waals surface area contributed by atoms with Crippen LogP contribution in [0.1, 0.15) is 52.4 Å². The minimum Gasteiger partial charge on any atom is -0.462 e. The first kappa shape index (κ1) is 16.7. The molecule has 2 rings (SSSR count). The van der Waals surface area contributed by atoms with Gasteiger partial charge in [-0.2, -0.15) is 0 Å². The standard InChI is InChI=1S/C17H24O5/c1-3-4-5-6-12(19)7-8-13-14-9-17(20)22-16(14)10-15(13)21-11(2)18/h7-8,13-16H,3-6,9-10H2,1-2H3/b8-7+/t13-,14-,15+,16-/m1/s1. The molecule has 5 heteroatoms. The van der Waals surface area contributed by atoms with Crippen molar-refractivity contribution in [2.75, 3.05) is 0 Å². The highest BCUT2D eigenvalue weighted by atomic mass is 16.6. The molecule has 0 amide bonds. The third-order valence-electron chi connectivity index (χ3n) is 4.40. The molecule has 0 unspecified atom stereocenters. The highest BCUT2D eigenvalue weighted by molar-refractivity contribution is 5.89. The summed E-state index contributed by atoms with van der Waals surface area (Å²) in [6.07, 6.45) is 7.32. The van der Waals surface area contributed by atoms with Crippen LogP contribution in [0, 0.1) is 11.8 Å². The number of fused-ring (bicyclic) bond motifs is 1. The molecule has 4 atom stereocenters. The molecule has 22 heavy (non-hydrogen) atoms. The largest absolute Gasteiger partial charge is 0.462 e. The van der Waals surface area contributed by atoms with Gasteiger partial charge in [0.25, 0.3) is 0 Å². The second-order valence-corrected chi connectivity index (χ2v) is 6.14. The number of unbranched alkanes of at least 4 members (excludes halogenated alkanes) is 2. The summed E-state index contributed by atoms with van der Waals surface area (Å²) in [5.74, 6) is -0.566. The minimum absolute atomic E-state index is 0.0107. The molecule has 0 spiro atoms. The van der Waals surface area contributed by atoms with Gasteiger partial charge in [-0.05, 0) is 12.5 Å². The van der Waals surface area contributed by atoms with E-state index in [1.54, 1.807) is 6.08 Å². The van der Waals surface area contributed by atoms with Crippen LogP contribution >= 0.6 is 0 Å². The Morgan fingerprint density at radius 3 is 2.82 bits per heavy atom. The number of carbonyl (C=O) groups excluding carboxylic acids is 3. The van der Waals surface area contributed by atoms with Crippen LogP contribution in [0.5, 0.6) is 0 Å². The molecule has 5 nitrogen and oxygen atoms in total. The number of ketones is 1. The monoisotopic (exact) mass is 308 g/mol. The quantitative estimate of drug-likeness (QED) is 0.411. The van der Waals surface area contributed by atoms with Gasteiger partial charge in [-0.3, -0.25) is 14.4 Å². The lowest BCUT2D eigenvalue weighted by atomic mass is 9.91. The maximum atomic E-state index is 11.9. The van der Waals surface area contributed by atoms with Crippen LogP contribution < -0.4 is 0 Å². The molecule has 0 aromatic heterocycles. The molecule has 0 aromatic carbocycles. The fourth-order valence-electron chi connectivity index (χ4n) is 3.35. The van der Waals surface area contributed by atoms with Gasteiger partial charge < -0.3 is 9.47 Å². The van der Waals surface area contributed by atoms with E-state index < -0.39 is 0 Å². The fourth-order valence-corrected chi connectivity index (χ4v) is 3.35. The molecule has 0 radical (unpaired) electrons. The lowest BCUT2D eigenvalue weighted by Crippen LogP contribution is -2.23. The molecule has 1 aliphatic carbocycles. The number of hydrogen-bond acceptors (Lipinski definition) is 5. The molecule has 2 fully saturated rings. The van der Waals surface area contributed by atoms with E-state index in [9.17, 15) is 14.4 Å². The topological polar surface area (TPSA) is 69.7 Å². The number of esters is 2. The Morgan fingerprint density at radius 2 is 2.14 bits per heavy atom. The molecular weight excluding hydrogens is 284 g/mol. The van der Waals surface area contributed by atoms with Gasteiger partial charge in [-0.15, -0.1) is 0 Å². The van der Waals surface area contributed by atoms with E-state index in [-0.39, 0.29) is 41.8 Å². The van der Waals surface area contributed by atoms with Crippen LogP contribution in [0.25, 0.3) is 0 Å². The van der Waals surface area contributed by atoms with Gasteiger partial charge in [0.05, 0.1) is 6.42 Å². The number of hydrogen-bond donors (Lipinski definition) is 0. The van der Waals surface area contributed by atoms with E-state index in [0.29, 0.717) is 19.3 Å². The van der Waals surface area contributed by atoms with E-state index in [4.69, 9.17) is 9.47 Å². The van der Waals surface area contributed by atoms with Crippen LogP contribution in [-0.4, -0.2) is 29.9 Å². The number of rotatable bonds is 7. The molecule has 122 valence electrons. The third-order valence-corrected chi connectivity index (χ3v) is 4.40. The van der Waals surface area contributed by atoms with Crippen LogP contribution in [0.3, 0.4) is 0 Å². The van der Waals surface area contributed by atoms with Gasteiger partial charge in [0.2, 0.25) is 0 Å². The molecule has 0 N–H and O–H groups in total. The van der Waals surface area contributed by atoms with Gasteiger partial charge >= 0.3 is 11.9 Å². The average Bonchev–Trinajstić information content (AvgIpc) is 2.92. The fraction of sp³-hybridized carbons (Fsp3) is 0.706. The Kier molecular flexibility index (Phi) is 5.75. The average molecular weight is 308 g/mol. The van der Waals surface area contributed by atoms with Crippen molar-refractivity contribution in [2.45, 2.75) is 64.6 Å². The van der Waals surface area contributed by atoms with Crippen molar-refractivity contribution >= 4 is 17.7 Å². The van der Waals surface area contributed by atoms with E-state index in [1.165, 1.54) is 6.92 Å². The number of allylic oxidation sites excluding steroid dienone is 1. The molecule has 1 heterocycles. The van der Waals surface area contributed by atoms with Crippen LogP contribution in [0.2, 0.25) is 0 Å².